The summed E-state index contributed by atoms with van der Waals surface area (Å²) < 4.78 is 5.25. The monoisotopic (exact) mass is 295 g/mol. The van der Waals surface area contributed by atoms with Gasteiger partial charge in [0, 0.05) is 10.6 Å². The smallest absolute Gasteiger partial charge is 0.361 e. The molecule has 1 N–H and O–H groups in total. The summed E-state index contributed by atoms with van der Waals surface area (Å²) in [5, 5.41) is 4.10. The molecule has 1 aromatic carbocycles. The zero-order valence-corrected chi connectivity index (χ0v) is 11.6. The predicted octanol–water partition coefficient (Wildman–Crippen LogP) is -0.525. The quantitative estimate of drug-likeness (QED) is 0.656. The van der Waals surface area contributed by atoms with Crippen molar-refractivity contribution in [2.75, 3.05) is 0 Å². The average Bonchev–Trinajstić information content (AvgIpc) is 3.19. The van der Waals surface area contributed by atoms with Crippen molar-refractivity contribution in [1.82, 2.24) is 9.97 Å². The number of thiazole rings is 1. The van der Waals surface area contributed by atoms with Crippen LogP contribution in [0.15, 0.2) is 49.4 Å². The fourth-order valence-electron chi connectivity index (χ4n) is 2.14. The van der Waals surface area contributed by atoms with Gasteiger partial charge in [0.05, 0.1) is 16.6 Å². The van der Waals surface area contributed by atoms with Crippen LogP contribution in [-0.4, -0.2) is 9.97 Å². The highest BCUT2D eigenvalue weighted by molar-refractivity contribution is 7.07. The zero-order chi connectivity index (χ0) is 14.2. The minimum atomic E-state index is -0.426. The van der Waals surface area contributed by atoms with Crippen molar-refractivity contribution < 1.29 is 4.42 Å². The van der Waals surface area contributed by atoms with Gasteiger partial charge < -0.3 is 9.40 Å². The summed E-state index contributed by atoms with van der Waals surface area (Å²) in [5.74, 6) is 0. The molecule has 0 atom stereocenters. The highest BCUT2D eigenvalue weighted by atomic mass is 32.1. The normalized spacial score (nSPS) is 16.5. The molecule has 0 saturated heterocycles. The van der Waals surface area contributed by atoms with Gasteiger partial charge in [-0.05, 0) is 18.2 Å². The van der Waals surface area contributed by atoms with Gasteiger partial charge in [-0.15, -0.1) is 11.3 Å². The van der Waals surface area contributed by atoms with Crippen LogP contribution in [0.4, 0.5) is 0 Å². The van der Waals surface area contributed by atoms with E-state index in [2.05, 4.69) is 15.0 Å². The first-order valence-electron chi connectivity index (χ1n) is 6.28. The van der Waals surface area contributed by atoms with Crippen LogP contribution in [0.2, 0.25) is 0 Å². The van der Waals surface area contributed by atoms with Crippen LogP contribution >= 0.6 is 11.3 Å². The summed E-state index contributed by atoms with van der Waals surface area (Å²) in [5.41, 5.74) is 2.98. The van der Waals surface area contributed by atoms with E-state index >= 15 is 0 Å². The van der Waals surface area contributed by atoms with E-state index in [1.807, 2.05) is 35.7 Å². The fourth-order valence-corrected chi connectivity index (χ4v) is 2.65. The van der Waals surface area contributed by atoms with Gasteiger partial charge in [0.1, 0.15) is 11.0 Å². The number of aromatic amines is 1. The van der Waals surface area contributed by atoms with Crippen LogP contribution in [0, 0.1) is 0 Å². The van der Waals surface area contributed by atoms with Crippen LogP contribution in [0.3, 0.4) is 0 Å². The number of nitrogens with zero attached hydrogens (tertiary/aromatic N) is 2. The molecule has 1 aliphatic heterocycles. The second-order valence-corrected chi connectivity index (χ2v) is 5.23. The van der Waals surface area contributed by atoms with Gasteiger partial charge in [-0.3, -0.25) is 0 Å². The molecule has 5 nitrogen and oxygen atoms in total. The van der Waals surface area contributed by atoms with Crippen molar-refractivity contribution in [3.05, 3.63) is 72.7 Å². The molecule has 3 heterocycles. The molecule has 1 aliphatic rings. The highest BCUT2D eigenvalue weighted by Crippen LogP contribution is 2.00. The molecular weight excluding hydrogens is 286 g/mol. The van der Waals surface area contributed by atoms with Gasteiger partial charge >= 0.3 is 5.63 Å². The maximum atomic E-state index is 11.9. The molecule has 21 heavy (non-hydrogen) atoms. The topological polar surface area (TPSA) is 71.2 Å². The Labute approximate surface area is 121 Å². The first-order chi connectivity index (χ1) is 10.3. The van der Waals surface area contributed by atoms with Gasteiger partial charge in [-0.25, -0.2) is 14.8 Å². The molecule has 0 aliphatic carbocycles. The minimum absolute atomic E-state index is 0.359. The summed E-state index contributed by atoms with van der Waals surface area (Å²) >= 11 is 1.47. The van der Waals surface area contributed by atoms with Gasteiger partial charge in [0.2, 0.25) is 5.55 Å². The average molecular weight is 295 g/mol. The highest BCUT2D eigenvalue weighted by Gasteiger charge is 2.05. The maximum Gasteiger partial charge on any atom is 0.361 e. The third kappa shape index (κ3) is 2.15. The Morgan fingerprint density at radius 2 is 2.19 bits per heavy atom. The van der Waals surface area contributed by atoms with Crippen LogP contribution in [0.5, 0.6) is 0 Å². The molecule has 0 saturated carbocycles. The van der Waals surface area contributed by atoms with Gasteiger partial charge in [-0.2, -0.15) is 0 Å². The number of nitrogens with one attached hydrogen (secondary N) is 1. The molecule has 2 aromatic heterocycles. The number of oxazole rings is 1. The van der Waals surface area contributed by atoms with Gasteiger partial charge in [-0.1, -0.05) is 18.2 Å². The van der Waals surface area contributed by atoms with E-state index in [0.29, 0.717) is 16.6 Å². The summed E-state index contributed by atoms with van der Waals surface area (Å²) in [4.78, 5) is 23.4. The summed E-state index contributed by atoms with van der Waals surface area (Å²) in [7, 11) is 0. The van der Waals surface area contributed by atoms with Crippen LogP contribution in [0.25, 0.3) is 17.8 Å². The Morgan fingerprint density at radius 3 is 3.00 bits per heavy atom. The Kier molecular flexibility index (Phi) is 2.68. The predicted molar refractivity (Wildman–Crippen MR) is 79.4 cm³/mol. The number of fused-ring (bicyclic) bond motifs is 1. The number of para-hydroxylation sites is 1. The third-order valence-corrected chi connectivity index (χ3v) is 3.71. The molecule has 0 bridgehead atoms. The Balaban J connectivity index is 1.95. The zero-order valence-electron chi connectivity index (χ0n) is 10.7. The number of aromatic nitrogens is 2. The van der Waals surface area contributed by atoms with Crippen LogP contribution in [-0.2, 0) is 0 Å². The number of H-pyrrole nitrogens is 1. The maximum absolute atomic E-state index is 11.9. The van der Waals surface area contributed by atoms with Crippen molar-refractivity contribution in [1.29, 1.82) is 0 Å². The molecule has 0 unspecified atom stereocenters. The lowest BCUT2D eigenvalue weighted by molar-refractivity contribution is 0.484. The number of hydrogen-bond acceptors (Lipinski definition) is 5. The van der Waals surface area contributed by atoms with Crippen molar-refractivity contribution in [2.45, 2.75) is 0 Å². The van der Waals surface area contributed by atoms with Crippen molar-refractivity contribution >= 4 is 29.2 Å². The van der Waals surface area contributed by atoms with Gasteiger partial charge in [0.15, 0.2) is 0 Å². The van der Waals surface area contributed by atoms with E-state index < -0.39 is 5.63 Å². The SMILES string of the molecule is O=c1o/c(=C2\C=c3ccccc3=N2)[nH]/c1=C/c1cscn1. The lowest BCUT2D eigenvalue weighted by Gasteiger charge is -1.82. The van der Waals surface area contributed by atoms with Crippen LogP contribution in [0.1, 0.15) is 5.69 Å². The summed E-state index contributed by atoms with van der Waals surface area (Å²) in [6.07, 6.45) is 3.55. The van der Waals surface area contributed by atoms with E-state index in [9.17, 15) is 4.79 Å². The van der Waals surface area contributed by atoms with Crippen molar-refractivity contribution in [3.63, 3.8) is 0 Å². The largest absolute Gasteiger partial charge is 0.402 e. The molecule has 0 fully saturated rings. The summed E-state index contributed by atoms with van der Waals surface area (Å²) in [6.45, 7) is 0. The van der Waals surface area contributed by atoms with Crippen molar-refractivity contribution in [3.8, 4) is 0 Å². The minimum Gasteiger partial charge on any atom is -0.402 e. The molecule has 0 amide bonds. The first-order valence-corrected chi connectivity index (χ1v) is 7.23. The standard InChI is InChI=1S/C15H9N3O2S/c19-15-13(6-10-7-21-8-16-10)18-14(20-15)12-5-9-3-1-2-4-11(9)17-12/h1-8,18H/b13-6+,14-12+. The lowest BCUT2D eigenvalue weighted by Crippen LogP contribution is -2.21. The fraction of sp³-hybridized carbons (Fsp3) is 0. The van der Waals surface area contributed by atoms with E-state index in [4.69, 9.17) is 4.42 Å². The Bertz CT molecular complexity index is 1070. The molecule has 6 heteroatoms. The molecule has 4 rings (SSSR count). The van der Waals surface area contributed by atoms with Crippen molar-refractivity contribution in [2.24, 2.45) is 4.99 Å². The second kappa shape index (κ2) is 4.68. The molecule has 0 spiro atoms. The lowest BCUT2D eigenvalue weighted by atomic mass is 10.3. The van der Waals surface area contributed by atoms with E-state index in [1.54, 1.807) is 11.6 Å². The Hall–Kier alpha value is -2.73. The van der Waals surface area contributed by atoms with Gasteiger partial charge in [0.25, 0.3) is 0 Å². The Morgan fingerprint density at radius 1 is 1.29 bits per heavy atom. The summed E-state index contributed by atoms with van der Waals surface area (Å²) in [6, 6.07) is 7.75. The molecule has 3 aromatic rings. The number of benzene rings is 1. The second-order valence-electron chi connectivity index (χ2n) is 4.52. The van der Waals surface area contributed by atoms with E-state index in [1.165, 1.54) is 11.3 Å². The molecular formula is C15H9N3O2S. The number of rotatable bonds is 1. The third-order valence-electron chi connectivity index (χ3n) is 3.11. The number of hydrogen-bond donors (Lipinski definition) is 1. The van der Waals surface area contributed by atoms with E-state index in [0.717, 1.165) is 16.3 Å². The first kappa shape index (κ1) is 12.0. The molecule has 102 valence electrons. The van der Waals surface area contributed by atoms with Crippen LogP contribution < -0.4 is 27.1 Å². The van der Waals surface area contributed by atoms with E-state index in [-0.39, 0.29) is 0 Å². The molecule has 0 radical (unpaired) electrons.